The molecule has 1 aromatic heterocycles. The quantitative estimate of drug-likeness (QED) is 0.627. The van der Waals surface area contributed by atoms with E-state index in [2.05, 4.69) is 59.9 Å². The Balaban J connectivity index is 0.00000169. The van der Waals surface area contributed by atoms with E-state index in [4.69, 9.17) is 4.98 Å². The van der Waals surface area contributed by atoms with Crippen LogP contribution >= 0.6 is 12.4 Å². The van der Waals surface area contributed by atoms with Gasteiger partial charge >= 0.3 is 0 Å². The lowest BCUT2D eigenvalue weighted by molar-refractivity contribution is 0.462. The predicted molar refractivity (Wildman–Crippen MR) is 105 cm³/mol. The summed E-state index contributed by atoms with van der Waals surface area (Å²) in [4.78, 5) is 4.77. The summed E-state index contributed by atoms with van der Waals surface area (Å²) in [5.74, 6) is 1.03. The van der Waals surface area contributed by atoms with Gasteiger partial charge in [0.2, 0.25) is 0 Å². The van der Waals surface area contributed by atoms with Gasteiger partial charge in [-0.15, -0.1) is 12.4 Å². The third kappa shape index (κ3) is 3.39. The van der Waals surface area contributed by atoms with Gasteiger partial charge < -0.3 is 5.32 Å². The van der Waals surface area contributed by atoms with Gasteiger partial charge in [0, 0.05) is 23.2 Å². The molecule has 0 bridgehead atoms. The first-order chi connectivity index (χ1) is 11.4. The fraction of sp³-hybridized carbons (Fsp3) is 0.286. The average molecular weight is 339 g/mol. The third-order valence-corrected chi connectivity index (χ3v) is 4.83. The molecule has 124 valence electrons. The molecule has 1 N–H and O–H groups in total. The molecule has 1 aliphatic rings. The van der Waals surface area contributed by atoms with Crippen LogP contribution in [-0.4, -0.2) is 11.0 Å². The standard InChI is InChI=1S/C21H22N2.ClH/c1-3-9-16(10-4-1)20-15-22-21(19-14-8-7-13-18(19)20)23-17-11-5-2-6-12-17;/h1,3-4,7-10,13-15,17H,2,5-6,11-12H2,(H,22,23);1H. The zero-order valence-corrected chi connectivity index (χ0v) is 14.6. The Kier molecular flexibility index (Phi) is 5.37. The number of hydrogen-bond acceptors (Lipinski definition) is 2. The zero-order chi connectivity index (χ0) is 15.5. The number of anilines is 1. The number of fused-ring (bicyclic) bond motifs is 1. The molecule has 2 aromatic carbocycles. The Bertz CT molecular complexity index is 795. The number of pyridine rings is 1. The van der Waals surface area contributed by atoms with E-state index in [1.807, 2.05) is 6.20 Å². The Morgan fingerprint density at radius 3 is 2.21 bits per heavy atom. The van der Waals surface area contributed by atoms with E-state index in [1.165, 1.54) is 54.0 Å². The van der Waals surface area contributed by atoms with Gasteiger partial charge in [0.15, 0.2) is 0 Å². The lowest BCUT2D eigenvalue weighted by Crippen LogP contribution is -2.22. The highest BCUT2D eigenvalue weighted by Crippen LogP contribution is 2.32. The number of nitrogens with zero attached hydrogens (tertiary/aromatic N) is 1. The molecule has 0 radical (unpaired) electrons. The maximum absolute atomic E-state index is 4.77. The number of aromatic nitrogens is 1. The number of benzene rings is 2. The molecule has 0 spiro atoms. The van der Waals surface area contributed by atoms with Gasteiger partial charge in [0.1, 0.15) is 5.82 Å². The number of nitrogens with one attached hydrogen (secondary N) is 1. The fourth-order valence-electron chi connectivity index (χ4n) is 3.60. The monoisotopic (exact) mass is 338 g/mol. The van der Waals surface area contributed by atoms with Crippen molar-refractivity contribution in [1.29, 1.82) is 0 Å². The minimum absolute atomic E-state index is 0. The van der Waals surface area contributed by atoms with Crippen LogP contribution in [0, 0.1) is 0 Å². The number of hydrogen-bond donors (Lipinski definition) is 1. The van der Waals surface area contributed by atoms with Gasteiger partial charge in [-0.05, 0) is 23.8 Å². The highest BCUT2D eigenvalue weighted by Gasteiger charge is 2.15. The van der Waals surface area contributed by atoms with Crippen LogP contribution in [0.1, 0.15) is 32.1 Å². The van der Waals surface area contributed by atoms with Gasteiger partial charge in [-0.2, -0.15) is 0 Å². The first kappa shape index (κ1) is 16.8. The molecule has 3 aromatic rings. The van der Waals surface area contributed by atoms with Crippen LogP contribution in [0.3, 0.4) is 0 Å². The molecular weight excluding hydrogens is 316 g/mol. The van der Waals surface area contributed by atoms with Crippen molar-refractivity contribution >= 4 is 29.0 Å². The highest BCUT2D eigenvalue weighted by atomic mass is 35.5. The number of rotatable bonds is 3. The molecular formula is C21H23ClN2. The summed E-state index contributed by atoms with van der Waals surface area (Å²) in [6.07, 6.45) is 8.57. The molecule has 1 heterocycles. The lowest BCUT2D eigenvalue weighted by atomic mass is 9.95. The van der Waals surface area contributed by atoms with Crippen molar-refractivity contribution < 1.29 is 0 Å². The molecule has 0 unspecified atom stereocenters. The minimum atomic E-state index is 0. The van der Waals surface area contributed by atoms with Crippen molar-refractivity contribution in [3.63, 3.8) is 0 Å². The van der Waals surface area contributed by atoms with Crippen LogP contribution in [0.15, 0.2) is 60.8 Å². The normalized spacial score (nSPS) is 15.0. The van der Waals surface area contributed by atoms with E-state index in [-0.39, 0.29) is 12.4 Å². The van der Waals surface area contributed by atoms with Crippen LogP contribution in [0.2, 0.25) is 0 Å². The second-order valence-corrected chi connectivity index (χ2v) is 6.41. The van der Waals surface area contributed by atoms with Crippen LogP contribution < -0.4 is 5.32 Å². The molecule has 0 amide bonds. The first-order valence-corrected chi connectivity index (χ1v) is 8.61. The molecule has 1 saturated carbocycles. The topological polar surface area (TPSA) is 24.9 Å². The van der Waals surface area contributed by atoms with E-state index in [1.54, 1.807) is 0 Å². The summed E-state index contributed by atoms with van der Waals surface area (Å²) >= 11 is 0. The largest absolute Gasteiger partial charge is 0.367 e. The second kappa shape index (κ2) is 7.67. The van der Waals surface area contributed by atoms with Crippen molar-refractivity contribution in [2.75, 3.05) is 5.32 Å². The minimum Gasteiger partial charge on any atom is -0.367 e. The molecule has 0 saturated heterocycles. The van der Waals surface area contributed by atoms with Crippen molar-refractivity contribution in [3.05, 3.63) is 60.8 Å². The highest BCUT2D eigenvalue weighted by molar-refractivity contribution is 6.01. The zero-order valence-electron chi connectivity index (χ0n) is 13.7. The predicted octanol–water partition coefficient (Wildman–Crippen LogP) is 6.07. The van der Waals surface area contributed by atoms with Crippen LogP contribution in [0.5, 0.6) is 0 Å². The molecule has 2 nitrogen and oxygen atoms in total. The fourth-order valence-corrected chi connectivity index (χ4v) is 3.60. The molecule has 0 atom stereocenters. The van der Waals surface area contributed by atoms with E-state index >= 15 is 0 Å². The SMILES string of the molecule is Cl.c1ccc(-c2cnc(NC3CCCCC3)c3ccccc23)cc1. The molecule has 1 fully saturated rings. The van der Waals surface area contributed by atoms with Crippen molar-refractivity contribution in [1.82, 2.24) is 4.98 Å². The molecule has 24 heavy (non-hydrogen) atoms. The summed E-state index contributed by atoms with van der Waals surface area (Å²) in [6.45, 7) is 0. The molecule has 3 heteroatoms. The van der Waals surface area contributed by atoms with E-state index in [0.29, 0.717) is 6.04 Å². The Labute approximate surface area is 149 Å². The van der Waals surface area contributed by atoms with E-state index in [9.17, 15) is 0 Å². The lowest BCUT2D eigenvalue weighted by Gasteiger charge is -2.24. The smallest absolute Gasteiger partial charge is 0.134 e. The summed E-state index contributed by atoms with van der Waals surface area (Å²) < 4.78 is 0. The van der Waals surface area contributed by atoms with Gasteiger partial charge in [-0.25, -0.2) is 4.98 Å². The Morgan fingerprint density at radius 2 is 1.46 bits per heavy atom. The van der Waals surface area contributed by atoms with Crippen LogP contribution in [0.25, 0.3) is 21.9 Å². The van der Waals surface area contributed by atoms with Crippen molar-refractivity contribution in [3.8, 4) is 11.1 Å². The maximum atomic E-state index is 4.77. The van der Waals surface area contributed by atoms with Crippen LogP contribution in [0.4, 0.5) is 5.82 Å². The first-order valence-electron chi connectivity index (χ1n) is 8.61. The van der Waals surface area contributed by atoms with E-state index in [0.717, 1.165) is 5.82 Å². The van der Waals surface area contributed by atoms with Gasteiger partial charge in [-0.1, -0.05) is 73.9 Å². The Morgan fingerprint density at radius 1 is 0.792 bits per heavy atom. The third-order valence-electron chi connectivity index (χ3n) is 4.83. The second-order valence-electron chi connectivity index (χ2n) is 6.41. The van der Waals surface area contributed by atoms with Crippen molar-refractivity contribution in [2.45, 2.75) is 38.1 Å². The number of halogens is 1. The summed E-state index contributed by atoms with van der Waals surface area (Å²) in [5, 5.41) is 6.18. The average Bonchev–Trinajstić information content (AvgIpc) is 2.64. The van der Waals surface area contributed by atoms with Crippen LogP contribution in [-0.2, 0) is 0 Å². The molecule has 1 aliphatic carbocycles. The summed E-state index contributed by atoms with van der Waals surface area (Å²) in [7, 11) is 0. The van der Waals surface area contributed by atoms with E-state index < -0.39 is 0 Å². The van der Waals surface area contributed by atoms with Gasteiger partial charge in [0.05, 0.1) is 0 Å². The van der Waals surface area contributed by atoms with Crippen molar-refractivity contribution in [2.24, 2.45) is 0 Å². The summed E-state index contributed by atoms with van der Waals surface area (Å²) in [5.41, 5.74) is 2.43. The van der Waals surface area contributed by atoms with Gasteiger partial charge in [0.25, 0.3) is 0 Å². The van der Waals surface area contributed by atoms with Gasteiger partial charge in [-0.3, -0.25) is 0 Å². The molecule has 0 aliphatic heterocycles. The Hall–Kier alpha value is -2.06. The molecule has 4 rings (SSSR count). The summed E-state index contributed by atoms with van der Waals surface area (Å²) in [6, 6.07) is 19.7. The maximum Gasteiger partial charge on any atom is 0.134 e.